The van der Waals surface area contributed by atoms with Crippen LogP contribution in [0.1, 0.15) is 18.3 Å². The minimum absolute atomic E-state index is 0.0216. The predicted molar refractivity (Wildman–Crippen MR) is 92.1 cm³/mol. The number of hydrogen-bond acceptors (Lipinski definition) is 5. The van der Waals surface area contributed by atoms with Crippen LogP contribution in [0.3, 0.4) is 0 Å². The summed E-state index contributed by atoms with van der Waals surface area (Å²) in [6, 6.07) is 9.08. The molecule has 0 aliphatic rings. The molecule has 2 aromatic rings. The molecule has 124 valence electrons. The third kappa shape index (κ3) is 5.20. The largest absolute Gasteiger partial charge is 0.478 e. The smallest absolute Gasteiger partial charge is 0.331 e. The molecule has 0 atom stereocenters. The van der Waals surface area contributed by atoms with Crippen molar-refractivity contribution in [2.45, 2.75) is 30.8 Å². The highest BCUT2D eigenvalue weighted by Crippen LogP contribution is 2.26. The minimum atomic E-state index is -1.12. The van der Waals surface area contributed by atoms with Gasteiger partial charge < -0.3 is 10.4 Å². The Morgan fingerprint density at radius 3 is 2.25 bits per heavy atom. The average molecular weight is 343 g/mol. The van der Waals surface area contributed by atoms with Gasteiger partial charge in [0, 0.05) is 33.6 Å². The summed E-state index contributed by atoms with van der Waals surface area (Å²) in [5, 5.41) is 12.0. The number of carboxylic acid groups (broad SMARTS) is 1. The van der Waals surface area contributed by atoms with E-state index >= 15 is 0 Å². The van der Waals surface area contributed by atoms with E-state index in [0.29, 0.717) is 10.8 Å². The number of aryl methyl sites for hydroxylation is 2. The lowest BCUT2D eigenvalue weighted by molar-refractivity contribution is -0.132. The van der Waals surface area contributed by atoms with Gasteiger partial charge >= 0.3 is 5.97 Å². The van der Waals surface area contributed by atoms with Gasteiger partial charge in [0.05, 0.1) is 0 Å². The van der Waals surface area contributed by atoms with Crippen molar-refractivity contribution in [2.24, 2.45) is 0 Å². The first-order valence-electron chi connectivity index (χ1n) is 7.16. The molecule has 0 radical (unpaired) electrons. The van der Waals surface area contributed by atoms with Gasteiger partial charge in [-0.3, -0.25) is 4.79 Å². The molecule has 1 amide bonds. The van der Waals surface area contributed by atoms with Crippen LogP contribution in [0.4, 0.5) is 5.69 Å². The minimum Gasteiger partial charge on any atom is -0.478 e. The van der Waals surface area contributed by atoms with Crippen molar-refractivity contribution in [1.29, 1.82) is 0 Å². The summed E-state index contributed by atoms with van der Waals surface area (Å²) in [6.45, 7) is 5.21. The maximum atomic E-state index is 11.7. The second kappa shape index (κ2) is 7.74. The Labute approximate surface area is 144 Å². The highest BCUT2D eigenvalue weighted by atomic mass is 32.2. The highest BCUT2D eigenvalue weighted by Gasteiger charge is 2.06. The lowest BCUT2D eigenvalue weighted by Crippen LogP contribution is -2.10. The first-order valence-corrected chi connectivity index (χ1v) is 7.98. The van der Waals surface area contributed by atoms with Crippen LogP contribution in [-0.2, 0) is 9.59 Å². The summed E-state index contributed by atoms with van der Waals surface area (Å²) in [7, 11) is 0. The molecule has 1 aromatic heterocycles. The topological polar surface area (TPSA) is 92.2 Å². The van der Waals surface area contributed by atoms with Crippen LogP contribution < -0.4 is 5.32 Å². The number of carbonyl (C=O) groups is 2. The average Bonchev–Trinajstić information content (AvgIpc) is 2.48. The second-order valence-electron chi connectivity index (χ2n) is 5.18. The lowest BCUT2D eigenvalue weighted by Gasteiger charge is -2.05. The lowest BCUT2D eigenvalue weighted by atomic mass is 10.2. The number of aliphatic carboxylic acids is 1. The van der Waals surface area contributed by atoms with Crippen LogP contribution in [0.2, 0.25) is 0 Å². The van der Waals surface area contributed by atoms with Gasteiger partial charge in [0.25, 0.3) is 0 Å². The maximum absolute atomic E-state index is 11.7. The Kier molecular flexibility index (Phi) is 5.70. The van der Waals surface area contributed by atoms with E-state index in [1.54, 1.807) is 12.1 Å². The summed E-state index contributed by atoms with van der Waals surface area (Å²) in [6.07, 6.45) is 1.05. The molecule has 2 rings (SSSR count). The van der Waals surface area contributed by atoms with Crippen molar-refractivity contribution in [3.63, 3.8) is 0 Å². The molecule has 0 unspecified atom stereocenters. The number of amides is 1. The van der Waals surface area contributed by atoms with Gasteiger partial charge in [0.15, 0.2) is 5.16 Å². The van der Waals surface area contributed by atoms with E-state index in [1.807, 2.05) is 32.0 Å². The van der Waals surface area contributed by atoms with Crippen LogP contribution in [0.15, 0.2) is 52.0 Å². The van der Waals surface area contributed by atoms with Gasteiger partial charge in [0.2, 0.25) is 5.91 Å². The number of carboxylic acids is 1. The SMILES string of the molecule is C/C(=C/C(=O)Nc1ccc(Sc2nc(C)cc(C)n2)cc1)C(=O)O. The summed E-state index contributed by atoms with van der Waals surface area (Å²) >= 11 is 1.43. The number of nitrogens with one attached hydrogen (secondary N) is 1. The van der Waals surface area contributed by atoms with E-state index in [4.69, 9.17) is 5.11 Å². The molecule has 0 saturated heterocycles. The summed E-state index contributed by atoms with van der Waals surface area (Å²) in [5.41, 5.74) is 2.38. The Bertz CT molecular complexity index is 781. The molecule has 0 spiro atoms. The van der Waals surface area contributed by atoms with Crippen molar-refractivity contribution in [3.05, 3.63) is 53.4 Å². The van der Waals surface area contributed by atoms with Crippen LogP contribution in [-0.4, -0.2) is 27.0 Å². The Hall–Kier alpha value is -2.67. The maximum Gasteiger partial charge on any atom is 0.331 e. The highest BCUT2D eigenvalue weighted by molar-refractivity contribution is 7.99. The fourth-order valence-corrected chi connectivity index (χ4v) is 2.75. The van der Waals surface area contributed by atoms with Crippen molar-refractivity contribution in [1.82, 2.24) is 9.97 Å². The van der Waals surface area contributed by atoms with E-state index in [0.717, 1.165) is 22.4 Å². The summed E-state index contributed by atoms with van der Waals surface area (Å²) in [5.74, 6) is -1.60. The second-order valence-corrected chi connectivity index (χ2v) is 6.22. The molecule has 2 N–H and O–H groups in total. The summed E-state index contributed by atoms with van der Waals surface area (Å²) < 4.78 is 0. The fourth-order valence-electron chi connectivity index (χ4n) is 1.89. The Morgan fingerprint density at radius 1 is 1.12 bits per heavy atom. The predicted octanol–water partition coefficient (Wildman–Crippen LogP) is 3.21. The first-order chi connectivity index (χ1) is 11.3. The van der Waals surface area contributed by atoms with Crippen LogP contribution in [0.5, 0.6) is 0 Å². The third-order valence-corrected chi connectivity index (χ3v) is 3.85. The van der Waals surface area contributed by atoms with E-state index in [2.05, 4.69) is 15.3 Å². The summed E-state index contributed by atoms with van der Waals surface area (Å²) in [4.78, 5) is 32.1. The van der Waals surface area contributed by atoms with Gasteiger partial charge in [-0.15, -0.1) is 0 Å². The molecule has 0 fully saturated rings. The fraction of sp³-hybridized carbons (Fsp3) is 0.176. The molecule has 1 aromatic carbocycles. The van der Waals surface area contributed by atoms with Crippen molar-refractivity contribution >= 4 is 29.3 Å². The van der Waals surface area contributed by atoms with Gasteiger partial charge in [0.1, 0.15) is 0 Å². The number of rotatable bonds is 5. The van der Waals surface area contributed by atoms with Gasteiger partial charge in [-0.1, -0.05) is 0 Å². The molecule has 0 saturated carbocycles. The Balaban J connectivity index is 2.04. The zero-order valence-corrected chi connectivity index (χ0v) is 14.3. The molecule has 0 aliphatic carbocycles. The van der Waals surface area contributed by atoms with Crippen LogP contribution in [0, 0.1) is 13.8 Å². The van der Waals surface area contributed by atoms with Gasteiger partial charge in [-0.2, -0.15) is 0 Å². The van der Waals surface area contributed by atoms with E-state index in [1.165, 1.54) is 18.7 Å². The zero-order chi connectivity index (χ0) is 17.7. The normalized spacial score (nSPS) is 11.2. The standard InChI is InChI=1S/C17H17N3O3S/c1-10(16(22)23)8-15(21)20-13-4-6-14(7-5-13)24-17-18-11(2)9-12(3)19-17/h4-9H,1-3H3,(H,20,21)(H,22,23)/b10-8-. The van der Waals surface area contributed by atoms with Crippen molar-refractivity contribution < 1.29 is 14.7 Å². The quantitative estimate of drug-likeness (QED) is 0.640. The van der Waals surface area contributed by atoms with Crippen LogP contribution >= 0.6 is 11.8 Å². The monoisotopic (exact) mass is 343 g/mol. The third-order valence-electron chi connectivity index (χ3n) is 2.98. The number of benzene rings is 1. The van der Waals surface area contributed by atoms with E-state index < -0.39 is 11.9 Å². The van der Waals surface area contributed by atoms with Gasteiger partial charge in [-0.25, -0.2) is 14.8 Å². The van der Waals surface area contributed by atoms with E-state index in [9.17, 15) is 9.59 Å². The molecule has 24 heavy (non-hydrogen) atoms. The number of carbonyl (C=O) groups excluding carboxylic acids is 1. The molecule has 1 heterocycles. The van der Waals surface area contributed by atoms with Gasteiger partial charge in [-0.05, 0) is 62.9 Å². The molecular weight excluding hydrogens is 326 g/mol. The number of hydrogen-bond donors (Lipinski definition) is 2. The first kappa shape index (κ1) is 17.7. The molecule has 7 heteroatoms. The molecule has 0 bridgehead atoms. The van der Waals surface area contributed by atoms with Crippen molar-refractivity contribution in [3.8, 4) is 0 Å². The molecular formula is C17H17N3O3S. The molecule has 0 aliphatic heterocycles. The van der Waals surface area contributed by atoms with Crippen LogP contribution in [0.25, 0.3) is 0 Å². The number of anilines is 1. The zero-order valence-electron chi connectivity index (χ0n) is 13.5. The van der Waals surface area contributed by atoms with E-state index in [-0.39, 0.29) is 5.57 Å². The Morgan fingerprint density at radius 2 is 1.71 bits per heavy atom. The van der Waals surface area contributed by atoms with Crippen molar-refractivity contribution in [2.75, 3.05) is 5.32 Å². The number of aromatic nitrogens is 2. The molecule has 6 nitrogen and oxygen atoms in total. The number of nitrogens with zero attached hydrogens (tertiary/aromatic N) is 2.